The Balaban J connectivity index is 1.78. The Labute approximate surface area is 151 Å². The molecule has 4 aromatic rings. The second-order valence-electron chi connectivity index (χ2n) is 5.75. The molecule has 0 saturated carbocycles. The molecule has 0 bridgehead atoms. The van der Waals surface area contributed by atoms with Crippen molar-refractivity contribution in [1.82, 2.24) is 14.6 Å². The largest absolute Gasteiger partial charge is 0.497 e. The van der Waals surface area contributed by atoms with Gasteiger partial charge in [-0.3, -0.25) is 14.9 Å². The third-order valence-corrected chi connectivity index (χ3v) is 4.11. The van der Waals surface area contributed by atoms with Gasteiger partial charge in [0.1, 0.15) is 23.1 Å². The van der Waals surface area contributed by atoms with Crippen molar-refractivity contribution in [3.63, 3.8) is 0 Å². The molecule has 4 rings (SSSR count). The Morgan fingerprint density at radius 2 is 2.15 bits per heavy atom. The van der Waals surface area contributed by atoms with Gasteiger partial charge in [-0.05, 0) is 18.2 Å². The molecule has 2 aromatic heterocycles. The highest BCUT2D eigenvalue weighted by molar-refractivity contribution is 6.04. The van der Waals surface area contributed by atoms with E-state index in [1.54, 1.807) is 31.4 Å². The summed E-state index contributed by atoms with van der Waals surface area (Å²) in [5.41, 5.74) is 1.67. The fourth-order valence-electron chi connectivity index (χ4n) is 2.78. The van der Waals surface area contributed by atoms with Crippen molar-refractivity contribution in [3.05, 3.63) is 74.8 Å². The van der Waals surface area contributed by atoms with E-state index in [-0.39, 0.29) is 11.2 Å². The molecule has 134 valence electrons. The predicted molar refractivity (Wildman–Crippen MR) is 101 cm³/mol. The Hall–Kier alpha value is -4.01. The van der Waals surface area contributed by atoms with Crippen LogP contribution in [0.5, 0.6) is 5.75 Å². The number of fused-ring (bicyclic) bond motifs is 3. The van der Waals surface area contributed by atoms with Crippen molar-refractivity contribution in [2.24, 2.45) is 5.10 Å². The number of rotatable bonds is 4. The molecule has 0 spiro atoms. The highest BCUT2D eigenvalue weighted by atomic mass is 16.6. The molecule has 27 heavy (non-hydrogen) atoms. The highest BCUT2D eigenvalue weighted by Gasteiger charge is 2.11. The van der Waals surface area contributed by atoms with Crippen LogP contribution in [0, 0.1) is 10.1 Å². The van der Waals surface area contributed by atoms with Gasteiger partial charge in [-0.1, -0.05) is 12.1 Å². The standard InChI is InChI=1S/C18H13N5O4/c1-27-13-5-6-15-14(8-13)16-17(21-15)18(24)22(10-19-16)20-9-11-3-2-4-12(7-11)23(25)26/h2-10,21H,1H3/b20-9+. The quantitative estimate of drug-likeness (QED) is 0.340. The molecule has 0 aliphatic carbocycles. The summed E-state index contributed by atoms with van der Waals surface area (Å²) in [6.07, 6.45) is 2.68. The molecule has 9 heteroatoms. The van der Waals surface area contributed by atoms with Gasteiger partial charge in [-0.25, -0.2) is 4.98 Å². The zero-order valence-electron chi connectivity index (χ0n) is 14.1. The monoisotopic (exact) mass is 363 g/mol. The van der Waals surface area contributed by atoms with E-state index in [0.29, 0.717) is 22.3 Å². The van der Waals surface area contributed by atoms with E-state index in [4.69, 9.17) is 4.74 Å². The normalized spacial score (nSPS) is 11.4. The summed E-state index contributed by atoms with van der Waals surface area (Å²) in [5, 5.41) is 15.7. The van der Waals surface area contributed by atoms with E-state index >= 15 is 0 Å². The predicted octanol–water partition coefficient (Wildman–Crippen LogP) is 2.68. The van der Waals surface area contributed by atoms with Gasteiger partial charge in [-0.2, -0.15) is 9.78 Å². The molecule has 0 aliphatic rings. The van der Waals surface area contributed by atoms with Crippen LogP contribution in [-0.2, 0) is 0 Å². The first-order chi connectivity index (χ1) is 13.1. The second-order valence-corrected chi connectivity index (χ2v) is 5.75. The number of nitro benzene ring substituents is 1. The fraction of sp³-hybridized carbons (Fsp3) is 0.0556. The lowest BCUT2D eigenvalue weighted by Crippen LogP contribution is -2.17. The maximum Gasteiger partial charge on any atom is 0.298 e. The maximum atomic E-state index is 12.7. The summed E-state index contributed by atoms with van der Waals surface area (Å²) < 4.78 is 6.29. The number of non-ortho nitro benzene ring substituents is 1. The molecular weight excluding hydrogens is 350 g/mol. The summed E-state index contributed by atoms with van der Waals surface area (Å²) >= 11 is 0. The number of hydrogen-bond acceptors (Lipinski definition) is 6. The van der Waals surface area contributed by atoms with Crippen LogP contribution in [0.25, 0.3) is 21.9 Å². The summed E-state index contributed by atoms with van der Waals surface area (Å²) in [6.45, 7) is 0. The van der Waals surface area contributed by atoms with Crippen LogP contribution >= 0.6 is 0 Å². The number of nitrogens with zero attached hydrogens (tertiary/aromatic N) is 4. The number of H-pyrrole nitrogens is 1. The molecule has 9 nitrogen and oxygen atoms in total. The smallest absolute Gasteiger partial charge is 0.298 e. The van der Waals surface area contributed by atoms with E-state index in [9.17, 15) is 14.9 Å². The zero-order chi connectivity index (χ0) is 19.0. The number of aromatic nitrogens is 3. The summed E-state index contributed by atoms with van der Waals surface area (Å²) in [4.78, 5) is 30.4. The number of nitro groups is 1. The van der Waals surface area contributed by atoms with Gasteiger partial charge in [0.25, 0.3) is 11.2 Å². The molecule has 2 aromatic carbocycles. The molecule has 0 unspecified atom stereocenters. The molecule has 0 atom stereocenters. The van der Waals surface area contributed by atoms with E-state index < -0.39 is 4.92 Å². The van der Waals surface area contributed by atoms with E-state index in [0.717, 1.165) is 15.6 Å². The summed E-state index contributed by atoms with van der Waals surface area (Å²) in [7, 11) is 1.57. The highest BCUT2D eigenvalue weighted by Crippen LogP contribution is 2.25. The van der Waals surface area contributed by atoms with E-state index in [1.807, 2.05) is 6.07 Å². The fourth-order valence-corrected chi connectivity index (χ4v) is 2.78. The van der Waals surface area contributed by atoms with Gasteiger partial charge in [0, 0.05) is 28.6 Å². The van der Waals surface area contributed by atoms with Crippen molar-refractivity contribution >= 4 is 33.8 Å². The van der Waals surface area contributed by atoms with E-state index in [1.165, 1.54) is 24.7 Å². The second kappa shape index (κ2) is 6.37. The first-order valence-corrected chi connectivity index (χ1v) is 7.93. The van der Waals surface area contributed by atoms with Gasteiger partial charge < -0.3 is 9.72 Å². The van der Waals surface area contributed by atoms with Crippen LogP contribution in [0.15, 0.2) is 58.7 Å². The molecule has 0 aliphatic heterocycles. The number of hydrogen-bond donors (Lipinski definition) is 1. The van der Waals surface area contributed by atoms with Crippen LogP contribution in [0.2, 0.25) is 0 Å². The van der Waals surface area contributed by atoms with Gasteiger partial charge in [-0.15, -0.1) is 0 Å². The molecule has 0 fully saturated rings. The Kier molecular flexibility index (Phi) is 3.88. The van der Waals surface area contributed by atoms with Gasteiger partial charge in [0.2, 0.25) is 0 Å². The molecule has 0 saturated heterocycles. The minimum Gasteiger partial charge on any atom is -0.497 e. The Morgan fingerprint density at radius 3 is 2.93 bits per heavy atom. The third-order valence-electron chi connectivity index (χ3n) is 4.11. The van der Waals surface area contributed by atoms with Crippen molar-refractivity contribution in [2.75, 3.05) is 7.11 Å². The third kappa shape index (κ3) is 2.91. The lowest BCUT2D eigenvalue weighted by Gasteiger charge is -1.99. The SMILES string of the molecule is COc1ccc2[nH]c3c(=O)n(/N=C/c4cccc([N+](=O)[O-])c4)cnc3c2c1. The van der Waals surface area contributed by atoms with E-state index in [2.05, 4.69) is 15.1 Å². The Bertz CT molecular complexity index is 1270. The van der Waals surface area contributed by atoms with Crippen LogP contribution in [0.1, 0.15) is 5.56 Å². The maximum absolute atomic E-state index is 12.7. The number of nitrogens with one attached hydrogen (secondary N) is 1. The van der Waals surface area contributed by atoms with Crippen LogP contribution in [-0.4, -0.2) is 32.9 Å². The molecule has 1 N–H and O–H groups in total. The number of aromatic amines is 1. The number of ether oxygens (including phenoxy) is 1. The van der Waals surface area contributed by atoms with Crippen LogP contribution in [0.3, 0.4) is 0 Å². The minimum absolute atomic E-state index is 0.0514. The molecular formula is C18H13N5O4. The summed E-state index contributed by atoms with van der Waals surface area (Å²) in [5.74, 6) is 0.665. The average molecular weight is 363 g/mol. The van der Waals surface area contributed by atoms with Gasteiger partial charge in [0.05, 0.1) is 18.2 Å². The Morgan fingerprint density at radius 1 is 1.30 bits per heavy atom. The first kappa shape index (κ1) is 16.5. The van der Waals surface area contributed by atoms with Crippen molar-refractivity contribution < 1.29 is 9.66 Å². The topological polar surface area (TPSA) is 115 Å². The van der Waals surface area contributed by atoms with Crippen molar-refractivity contribution in [1.29, 1.82) is 0 Å². The van der Waals surface area contributed by atoms with Gasteiger partial charge in [0.15, 0.2) is 0 Å². The molecule has 0 amide bonds. The first-order valence-electron chi connectivity index (χ1n) is 7.93. The lowest BCUT2D eigenvalue weighted by atomic mass is 10.2. The number of benzene rings is 2. The van der Waals surface area contributed by atoms with Crippen LogP contribution in [0.4, 0.5) is 5.69 Å². The molecule has 0 radical (unpaired) electrons. The zero-order valence-corrected chi connectivity index (χ0v) is 14.1. The van der Waals surface area contributed by atoms with Crippen molar-refractivity contribution in [3.8, 4) is 5.75 Å². The minimum atomic E-state index is -0.490. The summed E-state index contributed by atoms with van der Waals surface area (Å²) in [6, 6.07) is 11.4. The average Bonchev–Trinajstić information content (AvgIpc) is 3.06. The number of methoxy groups -OCH3 is 1. The van der Waals surface area contributed by atoms with Crippen LogP contribution < -0.4 is 10.3 Å². The van der Waals surface area contributed by atoms with Gasteiger partial charge >= 0.3 is 0 Å². The molecule has 2 heterocycles. The van der Waals surface area contributed by atoms with Crippen molar-refractivity contribution in [2.45, 2.75) is 0 Å². The lowest BCUT2D eigenvalue weighted by molar-refractivity contribution is -0.384.